The summed E-state index contributed by atoms with van der Waals surface area (Å²) in [6.45, 7) is 0.346. The van der Waals surface area contributed by atoms with E-state index >= 15 is 0 Å². The molecule has 0 radical (unpaired) electrons. The zero-order valence-electron chi connectivity index (χ0n) is 8.99. The first-order valence-electron chi connectivity index (χ1n) is 4.82. The summed E-state index contributed by atoms with van der Waals surface area (Å²) in [6.07, 6.45) is 0.302. The predicted molar refractivity (Wildman–Crippen MR) is 60.2 cm³/mol. The standard InChI is InChI=1S/C11H13N3O2/c1-16-10-5-3-9(4-6-10)14-11(15)13-8-2-7-12/h3-6H,2,8H2,1H3,(H2,13,14,15). The molecular formula is C11H13N3O2. The van der Waals surface area contributed by atoms with E-state index in [-0.39, 0.29) is 6.03 Å². The number of rotatable bonds is 4. The van der Waals surface area contributed by atoms with Gasteiger partial charge in [0, 0.05) is 12.2 Å². The van der Waals surface area contributed by atoms with E-state index < -0.39 is 0 Å². The summed E-state index contributed by atoms with van der Waals surface area (Å²) in [5, 5.41) is 13.5. The van der Waals surface area contributed by atoms with Crippen molar-refractivity contribution in [3.05, 3.63) is 24.3 Å². The summed E-state index contributed by atoms with van der Waals surface area (Å²) in [5.41, 5.74) is 0.676. The Morgan fingerprint density at radius 1 is 1.44 bits per heavy atom. The molecule has 0 heterocycles. The molecule has 0 saturated carbocycles. The first-order chi connectivity index (χ1) is 7.76. The van der Waals surface area contributed by atoms with Crippen LogP contribution in [-0.4, -0.2) is 19.7 Å². The van der Waals surface area contributed by atoms with Crippen LogP contribution in [0.1, 0.15) is 6.42 Å². The molecule has 0 aliphatic carbocycles. The summed E-state index contributed by atoms with van der Waals surface area (Å²) >= 11 is 0. The molecule has 5 heteroatoms. The van der Waals surface area contributed by atoms with Crippen molar-refractivity contribution in [2.75, 3.05) is 19.0 Å². The Kier molecular flexibility index (Phi) is 4.67. The number of nitrogens with zero attached hydrogens (tertiary/aromatic N) is 1. The third-order valence-electron chi connectivity index (χ3n) is 1.87. The number of carbonyl (C=O) groups excluding carboxylic acids is 1. The van der Waals surface area contributed by atoms with Crippen LogP contribution >= 0.6 is 0 Å². The van der Waals surface area contributed by atoms with Crippen molar-refractivity contribution in [2.24, 2.45) is 0 Å². The van der Waals surface area contributed by atoms with E-state index in [0.717, 1.165) is 5.75 Å². The maximum Gasteiger partial charge on any atom is 0.319 e. The number of carbonyl (C=O) groups is 1. The average Bonchev–Trinajstić information content (AvgIpc) is 2.30. The summed E-state index contributed by atoms with van der Waals surface area (Å²) in [7, 11) is 1.58. The van der Waals surface area contributed by atoms with Crippen molar-refractivity contribution in [3.8, 4) is 11.8 Å². The zero-order valence-corrected chi connectivity index (χ0v) is 8.99. The maximum atomic E-state index is 11.3. The molecule has 0 aliphatic rings. The number of hydrogen-bond donors (Lipinski definition) is 2. The van der Waals surface area contributed by atoms with Crippen molar-refractivity contribution in [2.45, 2.75) is 6.42 Å². The van der Waals surface area contributed by atoms with Crippen molar-refractivity contribution in [1.82, 2.24) is 5.32 Å². The third kappa shape index (κ3) is 3.88. The van der Waals surface area contributed by atoms with Gasteiger partial charge in [0.05, 0.1) is 19.6 Å². The SMILES string of the molecule is COc1ccc(NC(=O)NCCC#N)cc1. The van der Waals surface area contributed by atoms with Crippen molar-refractivity contribution < 1.29 is 9.53 Å². The molecular weight excluding hydrogens is 206 g/mol. The van der Waals surface area contributed by atoms with Crippen molar-refractivity contribution in [1.29, 1.82) is 5.26 Å². The number of amides is 2. The van der Waals surface area contributed by atoms with E-state index in [0.29, 0.717) is 18.7 Å². The number of nitriles is 1. The molecule has 0 aromatic heterocycles. The lowest BCUT2D eigenvalue weighted by atomic mass is 10.3. The molecule has 0 unspecified atom stereocenters. The summed E-state index contributed by atoms with van der Waals surface area (Å²) in [4.78, 5) is 11.3. The molecule has 2 amide bonds. The molecule has 0 aliphatic heterocycles. The molecule has 0 bridgehead atoms. The highest BCUT2D eigenvalue weighted by atomic mass is 16.5. The Morgan fingerprint density at radius 3 is 2.69 bits per heavy atom. The number of nitrogens with one attached hydrogen (secondary N) is 2. The summed E-state index contributed by atoms with van der Waals surface area (Å²) < 4.78 is 4.99. The molecule has 84 valence electrons. The van der Waals surface area contributed by atoms with Crippen LogP contribution in [0.15, 0.2) is 24.3 Å². The van der Waals surface area contributed by atoms with Crippen LogP contribution in [0, 0.1) is 11.3 Å². The van der Waals surface area contributed by atoms with E-state index in [1.807, 2.05) is 6.07 Å². The fourth-order valence-corrected chi connectivity index (χ4v) is 1.08. The second-order valence-electron chi connectivity index (χ2n) is 3.02. The van der Waals surface area contributed by atoms with Crippen LogP contribution < -0.4 is 15.4 Å². The molecule has 1 aromatic carbocycles. The Labute approximate surface area is 94.0 Å². The van der Waals surface area contributed by atoms with Crippen LogP contribution in [0.25, 0.3) is 0 Å². The molecule has 0 atom stereocenters. The van der Waals surface area contributed by atoms with Crippen molar-refractivity contribution in [3.63, 3.8) is 0 Å². The molecule has 1 aromatic rings. The summed E-state index contributed by atoms with van der Waals surface area (Å²) in [5.74, 6) is 0.732. The molecule has 2 N–H and O–H groups in total. The largest absolute Gasteiger partial charge is 0.497 e. The summed E-state index contributed by atoms with van der Waals surface area (Å²) in [6, 6.07) is 8.61. The monoisotopic (exact) mass is 219 g/mol. The van der Waals surface area contributed by atoms with Gasteiger partial charge in [-0.2, -0.15) is 5.26 Å². The Bertz CT molecular complexity index is 381. The van der Waals surface area contributed by atoms with Crippen LogP contribution in [-0.2, 0) is 0 Å². The highest BCUT2D eigenvalue weighted by Gasteiger charge is 2.00. The van der Waals surface area contributed by atoms with Gasteiger partial charge in [0.2, 0.25) is 0 Å². The smallest absolute Gasteiger partial charge is 0.319 e. The van der Waals surface area contributed by atoms with Gasteiger partial charge in [-0.1, -0.05) is 0 Å². The fraction of sp³-hybridized carbons (Fsp3) is 0.273. The van der Waals surface area contributed by atoms with Gasteiger partial charge in [-0.25, -0.2) is 4.79 Å². The lowest BCUT2D eigenvalue weighted by Gasteiger charge is -2.06. The van der Waals surface area contributed by atoms with E-state index in [2.05, 4.69) is 10.6 Å². The average molecular weight is 219 g/mol. The zero-order chi connectivity index (χ0) is 11.8. The number of benzene rings is 1. The van der Waals surface area contributed by atoms with Gasteiger partial charge in [-0.3, -0.25) is 0 Å². The van der Waals surface area contributed by atoms with Crippen LogP contribution in [0.3, 0.4) is 0 Å². The first-order valence-corrected chi connectivity index (χ1v) is 4.82. The molecule has 5 nitrogen and oxygen atoms in total. The third-order valence-corrected chi connectivity index (χ3v) is 1.87. The molecule has 0 saturated heterocycles. The van der Waals surface area contributed by atoms with E-state index in [1.54, 1.807) is 31.4 Å². The minimum Gasteiger partial charge on any atom is -0.497 e. The number of urea groups is 1. The van der Waals surface area contributed by atoms with Gasteiger partial charge in [0.1, 0.15) is 5.75 Å². The van der Waals surface area contributed by atoms with Gasteiger partial charge in [0.15, 0.2) is 0 Å². The Hall–Kier alpha value is -2.22. The number of ether oxygens (including phenoxy) is 1. The highest BCUT2D eigenvalue weighted by molar-refractivity contribution is 5.89. The van der Waals surface area contributed by atoms with Crippen LogP contribution in [0.2, 0.25) is 0 Å². The van der Waals surface area contributed by atoms with Gasteiger partial charge in [-0.05, 0) is 24.3 Å². The lowest BCUT2D eigenvalue weighted by molar-refractivity contribution is 0.252. The Morgan fingerprint density at radius 2 is 2.12 bits per heavy atom. The van der Waals surface area contributed by atoms with E-state index in [4.69, 9.17) is 10.00 Å². The predicted octanol–water partition coefficient (Wildman–Crippen LogP) is 1.73. The number of methoxy groups -OCH3 is 1. The minimum atomic E-state index is -0.319. The lowest BCUT2D eigenvalue weighted by Crippen LogP contribution is -2.29. The van der Waals surface area contributed by atoms with Crippen molar-refractivity contribution >= 4 is 11.7 Å². The fourth-order valence-electron chi connectivity index (χ4n) is 1.08. The maximum absolute atomic E-state index is 11.3. The first kappa shape index (κ1) is 11.9. The normalized spacial score (nSPS) is 9.00. The second kappa shape index (κ2) is 6.30. The van der Waals surface area contributed by atoms with Gasteiger partial charge >= 0.3 is 6.03 Å². The highest BCUT2D eigenvalue weighted by Crippen LogP contribution is 2.14. The quantitative estimate of drug-likeness (QED) is 0.757. The van der Waals surface area contributed by atoms with Gasteiger partial charge in [-0.15, -0.1) is 0 Å². The number of anilines is 1. The van der Waals surface area contributed by atoms with Gasteiger partial charge < -0.3 is 15.4 Å². The molecule has 0 fully saturated rings. The topological polar surface area (TPSA) is 74.2 Å². The van der Waals surface area contributed by atoms with E-state index in [9.17, 15) is 4.79 Å². The van der Waals surface area contributed by atoms with Crippen LogP contribution in [0.5, 0.6) is 5.75 Å². The van der Waals surface area contributed by atoms with Crippen LogP contribution in [0.4, 0.5) is 10.5 Å². The Balaban J connectivity index is 2.41. The second-order valence-corrected chi connectivity index (χ2v) is 3.02. The van der Waals surface area contributed by atoms with E-state index in [1.165, 1.54) is 0 Å². The van der Waals surface area contributed by atoms with Gasteiger partial charge in [0.25, 0.3) is 0 Å². The molecule has 16 heavy (non-hydrogen) atoms. The molecule has 0 spiro atoms. The number of hydrogen-bond acceptors (Lipinski definition) is 3. The minimum absolute atomic E-state index is 0.302. The molecule has 1 rings (SSSR count).